The van der Waals surface area contributed by atoms with E-state index < -0.39 is 0 Å². The molecule has 3 rings (SSSR count). The highest BCUT2D eigenvalue weighted by Crippen LogP contribution is 2.21. The first-order chi connectivity index (χ1) is 11.2. The highest BCUT2D eigenvalue weighted by atomic mass is 16.5. The average molecular weight is 313 g/mol. The van der Waals surface area contributed by atoms with Crippen LogP contribution in [0.25, 0.3) is 0 Å². The second-order valence-corrected chi connectivity index (χ2v) is 5.91. The first kappa shape index (κ1) is 15.6. The number of ether oxygens (including phenoxy) is 1. The number of aromatic nitrogens is 2. The van der Waals surface area contributed by atoms with Gasteiger partial charge in [-0.3, -0.25) is 9.48 Å². The maximum Gasteiger partial charge on any atom is 0.255 e. The molecule has 2 aromatic rings. The zero-order chi connectivity index (χ0) is 16.2. The summed E-state index contributed by atoms with van der Waals surface area (Å²) in [5.41, 5.74) is 3.90. The molecule has 2 heterocycles. The summed E-state index contributed by atoms with van der Waals surface area (Å²) in [5.74, 6) is 0.779. The molecule has 1 aromatic carbocycles. The molecule has 0 atom stereocenters. The maximum absolute atomic E-state index is 12.5. The summed E-state index contributed by atoms with van der Waals surface area (Å²) in [7, 11) is 0. The number of aryl methyl sites for hydroxylation is 2. The topological polar surface area (TPSA) is 56.1 Å². The number of hydrogen-bond donors (Lipinski definition) is 1. The van der Waals surface area contributed by atoms with Crippen LogP contribution in [0.3, 0.4) is 0 Å². The van der Waals surface area contributed by atoms with Crippen LogP contribution in [0.2, 0.25) is 0 Å². The van der Waals surface area contributed by atoms with Crippen molar-refractivity contribution in [1.29, 1.82) is 0 Å². The Balaban J connectivity index is 1.71. The zero-order valence-electron chi connectivity index (χ0n) is 13.8. The van der Waals surface area contributed by atoms with Crippen LogP contribution >= 0.6 is 0 Å². The Labute approximate surface area is 136 Å². The van der Waals surface area contributed by atoms with Crippen molar-refractivity contribution in [3.8, 4) is 5.75 Å². The third-order valence-electron chi connectivity index (χ3n) is 4.19. The number of rotatable bonds is 5. The summed E-state index contributed by atoms with van der Waals surface area (Å²) in [6.07, 6.45) is 4.88. The maximum atomic E-state index is 12.5. The van der Waals surface area contributed by atoms with Gasteiger partial charge in [-0.2, -0.15) is 5.10 Å². The highest BCUT2D eigenvalue weighted by molar-refractivity contribution is 5.95. The quantitative estimate of drug-likeness (QED) is 0.923. The van der Waals surface area contributed by atoms with E-state index >= 15 is 0 Å². The van der Waals surface area contributed by atoms with Gasteiger partial charge < -0.3 is 10.1 Å². The number of nitrogens with zero attached hydrogens (tertiary/aromatic N) is 2. The van der Waals surface area contributed by atoms with Crippen molar-refractivity contribution < 1.29 is 9.53 Å². The lowest BCUT2D eigenvalue weighted by molar-refractivity contribution is 0.0949. The molecule has 0 fully saturated rings. The van der Waals surface area contributed by atoms with Crippen LogP contribution in [0.15, 0.2) is 24.4 Å². The molecule has 1 aromatic heterocycles. The van der Waals surface area contributed by atoms with E-state index in [9.17, 15) is 4.79 Å². The summed E-state index contributed by atoms with van der Waals surface area (Å²) in [6, 6.07) is 6.05. The third kappa shape index (κ3) is 3.38. The third-order valence-corrected chi connectivity index (χ3v) is 4.19. The molecular weight excluding hydrogens is 290 g/mol. The normalized spacial score (nSPS) is 13.5. The van der Waals surface area contributed by atoms with Gasteiger partial charge in [-0.15, -0.1) is 0 Å². The lowest BCUT2D eigenvalue weighted by Gasteiger charge is -2.15. The van der Waals surface area contributed by atoms with E-state index in [2.05, 4.69) is 10.4 Å². The van der Waals surface area contributed by atoms with Gasteiger partial charge in [0, 0.05) is 18.7 Å². The molecule has 0 saturated carbocycles. The Morgan fingerprint density at radius 3 is 3.09 bits per heavy atom. The molecule has 5 nitrogen and oxygen atoms in total. The van der Waals surface area contributed by atoms with E-state index in [1.807, 2.05) is 36.7 Å². The van der Waals surface area contributed by atoms with E-state index in [0.29, 0.717) is 18.7 Å². The molecule has 0 bridgehead atoms. The highest BCUT2D eigenvalue weighted by Gasteiger charge is 2.19. The van der Waals surface area contributed by atoms with Crippen molar-refractivity contribution >= 4 is 5.91 Å². The zero-order valence-corrected chi connectivity index (χ0v) is 13.8. The Morgan fingerprint density at radius 2 is 2.26 bits per heavy atom. The van der Waals surface area contributed by atoms with Crippen molar-refractivity contribution in [3.05, 3.63) is 46.8 Å². The molecule has 0 saturated heterocycles. The second kappa shape index (κ2) is 6.86. The number of carbonyl (C=O) groups is 1. The second-order valence-electron chi connectivity index (χ2n) is 5.91. The van der Waals surface area contributed by atoms with Gasteiger partial charge in [-0.25, -0.2) is 0 Å². The Kier molecular flexibility index (Phi) is 4.65. The Hall–Kier alpha value is -2.30. The van der Waals surface area contributed by atoms with Gasteiger partial charge in [0.25, 0.3) is 5.91 Å². The molecule has 122 valence electrons. The minimum Gasteiger partial charge on any atom is -0.494 e. The fourth-order valence-corrected chi connectivity index (χ4v) is 2.98. The summed E-state index contributed by atoms with van der Waals surface area (Å²) < 4.78 is 7.62. The van der Waals surface area contributed by atoms with E-state index in [1.165, 1.54) is 0 Å². The first-order valence-corrected chi connectivity index (χ1v) is 8.24. The van der Waals surface area contributed by atoms with Crippen LogP contribution in [0.5, 0.6) is 5.75 Å². The molecule has 0 unspecified atom stereocenters. The summed E-state index contributed by atoms with van der Waals surface area (Å²) in [5, 5.41) is 7.32. The fraction of sp³-hybridized carbons (Fsp3) is 0.444. The minimum absolute atomic E-state index is 0.0591. The van der Waals surface area contributed by atoms with Gasteiger partial charge >= 0.3 is 0 Å². The molecular formula is C18H23N3O2. The largest absolute Gasteiger partial charge is 0.494 e. The van der Waals surface area contributed by atoms with Gasteiger partial charge in [0.15, 0.2) is 0 Å². The number of amides is 1. The number of fused-ring (bicyclic) bond motifs is 1. The van der Waals surface area contributed by atoms with E-state index in [-0.39, 0.29) is 5.91 Å². The Morgan fingerprint density at radius 1 is 1.39 bits per heavy atom. The number of nitrogens with one attached hydrogen (secondary N) is 1. The predicted octanol–water partition coefficient (Wildman–Crippen LogP) is 2.86. The van der Waals surface area contributed by atoms with Gasteiger partial charge in [0.05, 0.1) is 24.1 Å². The smallest absolute Gasteiger partial charge is 0.255 e. The molecule has 1 N–H and O–H groups in total. The molecule has 23 heavy (non-hydrogen) atoms. The first-order valence-electron chi connectivity index (χ1n) is 8.24. The van der Waals surface area contributed by atoms with Gasteiger partial charge in [0.1, 0.15) is 5.75 Å². The van der Waals surface area contributed by atoms with Crippen LogP contribution in [-0.2, 0) is 19.5 Å². The van der Waals surface area contributed by atoms with Crippen molar-refractivity contribution in [1.82, 2.24) is 15.1 Å². The van der Waals surface area contributed by atoms with Crippen LogP contribution in [0.4, 0.5) is 0 Å². The van der Waals surface area contributed by atoms with E-state index in [0.717, 1.165) is 48.4 Å². The van der Waals surface area contributed by atoms with Gasteiger partial charge in [-0.05, 0) is 44.7 Å². The van der Waals surface area contributed by atoms with Gasteiger partial charge in [-0.1, -0.05) is 12.1 Å². The summed E-state index contributed by atoms with van der Waals surface area (Å²) in [4.78, 5) is 12.5. The molecule has 0 radical (unpaired) electrons. The lowest BCUT2D eigenvalue weighted by Crippen LogP contribution is -2.25. The van der Waals surface area contributed by atoms with Crippen LogP contribution in [0, 0.1) is 6.92 Å². The number of benzene rings is 1. The standard InChI is InChI=1S/C18H23N3O2/c1-3-23-17-10-13(2)7-8-14(17)11-19-18(22)15-12-20-21-9-5-4-6-16(15)21/h7-8,10,12H,3-6,9,11H2,1-2H3,(H,19,22). The van der Waals surface area contributed by atoms with E-state index in [4.69, 9.17) is 4.74 Å². The van der Waals surface area contributed by atoms with Gasteiger partial charge in [0.2, 0.25) is 0 Å². The molecule has 1 aliphatic rings. The van der Waals surface area contributed by atoms with Crippen molar-refractivity contribution in [2.24, 2.45) is 0 Å². The molecule has 1 aliphatic heterocycles. The summed E-state index contributed by atoms with van der Waals surface area (Å²) >= 11 is 0. The lowest BCUT2D eigenvalue weighted by atomic mass is 10.1. The summed E-state index contributed by atoms with van der Waals surface area (Å²) in [6.45, 7) is 5.98. The Bertz CT molecular complexity index is 706. The van der Waals surface area contributed by atoms with Crippen molar-refractivity contribution in [2.75, 3.05) is 6.61 Å². The number of carbonyl (C=O) groups excluding carboxylic acids is 1. The van der Waals surface area contributed by atoms with E-state index in [1.54, 1.807) is 6.20 Å². The molecule has 0 spiro atoms. The predicted molar refractivity (Wildman–Crippen MR) is 88.7 cm³/mol. The van der Waals surface area contributed by atoms with Crippen LogP contribution in [-0.4, -0.2) is 22.3 Å². The fourth-order valence-electron chi connectivity index (χ4n) is 2.98. The van der Waals surface area contributed by atoms with Crippen LogP contribution in [0.1, 0.15) is 46.9 Å². The molecule has 1 amide bonds. The average Bonchev–Trinajstić information content (AvgIpc) is 2.98. The number of hydrogen-bond acceptors (Lipinski definition) is 3. The molecule has 5 heteroatoms. The molecule has 0 aliphatic carbocycles. The monoisotopic (exact) mass is 313 g/mol. The minimum atomic E-state index is -0.0591. The van der Waals surface area contributed by atoms with Crippen LogP contribution < -0.4 is 10.1 Å². The van der Waals surface area contributed by atoms with Crippen molar-refractivity contribution in [3.63, 3.8) is 0 Å². The van der Waals surface area contributed by atoms with Crippen molar-refractivity contribution in [2.45, 2.75) is 46.2 Å². The SMILES string of the molecule is CCOc1cc(C)ccc1CNC(=O)c1cnn2c1CCCC2.